The van der Waals surface area contributed by atoms with Crippen molar-refractivity contribution in [3.8, 4) is 5.69 Å². The van der Waals surface area contributed by atoms with Crippen LogP contribution in [0.4, 0.5) is 4.39 Å². The van der Waals surface area contributed by atoms with E-state index in [4.69, 9.17) is 11.6 Å². The largest absolute Gasteiger partial charge is 0.311 e. The predicted octanol–water partition coefficient (Wildman–Crippen LogP) is 2.77. The molecule has 0 aliphatic rings. The lowest BCUT2D eigenvalue weighted by atomic mass is 10.3. The molecule has 5 heteroatoms. The second-order valence-corrected chi connectivity index (χ2v) is 4.06. The Kier molecular flexibility index (Phi) is 3.76. The summed E-state index contributed by atoms with van der Waals surface area (Å²) >= 11 is 5.84. The van der Waals surface area contributed by atoms with Gasteiger partial charge >= 0.3 is 0 Å². The Labute approximate surface area is 104 Å². The Morgan fingerprint density at radius 3 is 3.00 bits per heavy atom. The van der Waals surface area contributed by atoms with E-state index in [0.717, 1.165) is 12.2 Å². The summed E-state index contributed by atoms with van der Waals surface area (Å²) in [5, 5.41) is 7.93. The number of nitrogens with zero attached hydrogens (tertiary/aromatic N) is 2. The monoisotopic (exact) mass is 253 g/mol. The second-order valence-electron chi connectivity index (χ2n) is 3.63. The highest BCUT2D eigenvalue weighted by Gasteiger charge is 2.07. The van der Waals surface area contributed by atoms with Crippen LogP contribution in [0.3, 0.4) is 0 Å². The van der Waals surface area contributed by atoms with Crippen LogP contribution in [0.15, 0.2) is 30.5 Å². The van der Waals surface area contributed by atoms with E-state index in [1.54, 1.807) is 12.3 Å². The molecule has 90 valence electrons. The quantitative estimate of drug-likeness (QED) is 0.908. The Morgan fingerprint density at radius 2 is 2.24 bits per heavy atom. The molecular formula is C12H13ClFN3. The summed E-state index contributed by atoms with van der Waals surface area (Å²) in [6, 6.07) is 6.26. The van der Waals surface area contributed by atoms with Crippen molar-refractivity contribution in [3.63, 3.8) is 0 Å². The van der Waals surface area contributed by atoms with Crippen LogP contribution in [0.25, 0.3) is 5.69 Å². The lowest BCUT2D eigenvalue weighted by molar-refractivity contribution is 0.608. The van der Waals surface area contributed by atoms with Crippen molar-refractivity contribution in [3.05, 3.63) is 47.0 Å². The Morgan fingerprint density at radius 1 is 1.41 bits per heavy atom. The molecule has 0 fully saturated rings. The molecule has 0 unspecified atom stereocenters. The van der Waals surface area contributed by atoms with Gasteiger partial charge in [0.25, 0.3) is 0 Å². The maximum absolute atomic E-state index is 13.6. The van der Waals surface area contributed by atoms with Gasteiger partial charge in [0.2, 0.25) is 0 Å². The normalized spacial score (nSPS) is 10.8. The first kappa shape index (κ1) is 12.1. The average Bonchev–Trinajstić information content (AvgIpc) is 2.78. The molecule has 0 aliphatic carbocycles. The van der Waals surface area contributed by atoms with Crippen LogP contribution in [0.2, 0.25) is 5.02 Å². The summed E-state index contributed by atoms with van der Waals surface area (Å²) in [5.41, 5.74) is 1.23. The van der Waals surface area contributed by atoms with E-state index in [-0.39, 0.29) is 5.82 Å². The number of hydrogen-bond donors (Lipinski definition) is 1. The summed E-state index contributed by atoms with van der Waals surface area (Å²) in [6.07, 6.45) is 1.72. The predicted molar refractivity (Wildman–Crippen MR) is 65.9 cm³/mol. The molecule has 0 radical (unpaired) electrons. The van der Waals surface area contributed by atoms with E-state index in [2.05, 4.69) is 10.4 Å². The van der Waals surface area contributed by atoms with Gasteiger partial charge < -0.3 is 5.32 Å². The summed E-state index contributed by atoms with van der Waals surface area (Å²) in [4.78, 5) is 0. The molecule has 3 nitrogen and oxygen atoms in total. The first-order valence-corrected chi connectivity index (χ1v) is 5.79. The topological polar surface area (TPSA) is 29.9 Å². The summed E-state index contributed by atoms with van der Waals surface area (Å²) < 4.78 is 15.1. The van der Waals surface area contributed by atoms with Crippen LogP contribution in [0, 0.1) is 5.82 Å². The van der Waals surface area contributed by atoms with Crippen molar-refractivity contribution in [2.45, 2.75) is 13.5 Å². The molecule has 1 heterocycles. The molecule has 0 spiro atoms. The smallest absolute Gasteiger partial charge is 0.148 e. The maximum atomic E-state index is 13.6. The SMILES string of the molecule is CCNCc1ccn(-c2cc(Cl)ccc2F)n1. The zero-order chi connectivity index (χ0) is 12.3. The van der Waals surface area contributed by atoms with Gasteiger partial charge in [-0.25, -0.2) is 9.07 Å². The molecule has 0 saturated heterocycles. The minimum Gasteiger partial charge on any atom is -0.311 e. The minimum atomic E-state index is -0.340. The minimum absolute atomic E-state index is 0.340. The molecule has 1 aromatic heterocycles. The molecule has 1 N–H and O–H groups in total. The van der Waals surface area contributed by atoms with E-state index in [1.165, 1.54) is 16.8 Å². The van der Waals surface area contributed by atoms with Gasteiger partial charge in [-0.1, -0.05) is 18.5 Å². The highest BCUT2D eigenvalue weighted by Crippen LogP contribution is 2.18. The fraction of sp³-hybridized carbons (Fsp3) is 0.250. The fourth-order valence-electron chi connectivity index (χ4n) is 1.50. The Bertz CT molecular complexity index is 510. The fourth-order valence-corrected chi connectivity index (χ4v) is 1.67. The Hall–Kier alpha value is -1.39. The van der Waals surface area contributed by atoms with Crippen LogP contribution in [0.5, 0.6) is 0 Å². The molecule has 2 aromatic rings. The highest BCUT2D eigenvalue weighted by atomic mass is 35.5. The second kappa shape index (κ2) is 5.29. The molecule has 1 aromatic carbocycles. The number of halogens is 2. The van der Waals surface area contributed by atoms with Gasteiger partial charge in [-0.3, -0.25) is 0 Å². The van der Waals surface area contributed by atoms with Gasteiger partial charge in [-0.15, -0.1) is 0 Å². The molecular weight excluding hydrogens is 241 g/mol. The van der Waals surface area contributed by atoms with Crippen molar-refractivity contribution >= 4 is 11.6 Å². The lowest BCUT2D eigenvalue weighted by Gasteiger charge is -2.03. The van der Waals surface area contributed by atoms with Crippen molar-refractivity contribution in [1.82, 2.24) is 15.1 Å². The standard InChI is InChI=1S/C12H13ClFN3/c1-2-15-8-10-5-6-17(16-10)12-7-9(13)3-4-11(12)14/h3-7,15H,2,8H2,1H3. The van der Waals surface area contributed by atoms with Crippen molar-refractivity contribution in [2.24, 2.45) is 0 Å². The van der Waals surface area contributed by atoms with Crippen LogP contribution in [0.1, 0.15) is 12.6 Å². The summed E-state index contributed by atoms with van der Waals surface area (Å²) in [5.74, 6) is -0.340. The zero-order valence-corrected chi connectivity index (χ0v) is 10.2. The van der Waals surface area contributed by atoms with Gasteiger partial charge in [-0.05, 0) is 30.8 Å². The van der Waals surface area contributed by atoms with Gasteiger partial charge in [-0.2, -0.15) is 5.10 Å². The van der Waals surface area contributed by atoms with Crippen molar-refractivity contribution in [1.29, 1.82) is 0 Å². The lowest BCUT2D eigenvalue weighted by Crippen LogP contribution is -2.12. The van der Waals surface area contributed by atoms with Crippen LogP contribution in [-0.2, 0) is 6.54 Å². The molecule has 0 bridgehead atoms. The van der Waals surface area contributed by atoms with Crippen LogP contribution < -0.4 is 5.32 Å². The molecule has 0 amide bonds. The van der Waals surface area contributed by atoms with Crippen molar-refractivity contribution in [2.75, 3.05) is 6.54 Å². The van der Waals surface area contributed by atoms with E-state index in [9.17, 15) is 4.39 Å². The third-order valence-electron chi connectivity index (χ3n) is 2.36. The third-order valence-corrected chi connectivity index (χ3v) is 2.59. The van der Waals surface area contributed by atoms with Gasteiger partial charge in [0.1, 0.15) is 11.5 Å². The van der Waals surface area contributed by atoms with Crippen molar-refractivity contribution < 1.29 is 4.39 Å². The number of benzene rings is 1. The molecule has 0 atom stereocenters. The first-order valence-electron chi connectivity index (χ1n) is 5.41. The van der Waals surface area contributed by atoms with Gasteiger partial charge in [0, 0.05) is 17.8 Å². The number of rotatable bonds is 4. The van der Waals surface area contributed by atoms with Crippen LogP contribution in [-0.4, -0.2) is 16.3 Å². The molecule has 2 rings (SSSR count). The van der Waals surface area contributed by atoms with E-state index in [0.29, 0.717) is 17.3 Å². The van der Waals surface area contributed by atoms with Crippen LogP contribution >= 0.6 is 11.6 Å². The molecule has 0 aliphatic heterocycles. The van der Waals surface area contributed by atoms with Gasteiger partial charge in [0.15, 0.2) is 0 Å². The summed E-state index contributed by atoms with van der Waals surface area (Å²) in [6.45, 7) is 3.57. The number of hydrogen-bond acceptors (Lipinski definition) is 2. The highest BCUT2D eigenvalue weighted by molar-refractivity contribution is 6.30. The van der Waals surface area contributed by atoms with E-state index < -0.39 is 0 Å². The molecule has 17 heavy (non-hydrogen) atoms. The average molecular weight is 254 g/mol. The Balaban J connectivity index is 2.27. The number of nitrogens with one attached hydrogen (secondary N) is 1. The summed E-state index contributed by atoms with van der Waals surface area (Å²) in [7, 11) is 0. The first-order chi connectivity index (χ1) is 8.20. The molecule has 0 saturated carbocycles. The van der Waals surface area contributed by atoms with E-state index in [1.807, 2.05) is 13.0 Å². The zero-order valence-electron chi connectivity index (χ0n) is 9.45. The maximum Gasteiger partial charge on any atom is 0.148 e. The van der Waals surface area contributed by atoms with E-state index >= 15 is 0 Å². The third kappa shape index (κ3) is 2.84. The van der Waals surface area contributed by atoms with Gasteiger partial charge in [0.05, 0.1) is 5.69 Å². The number of aromatic nitrogens is 2.